The van der Waals surface area contributed by atoms with Crippen molar-refractivity contribution in [2.45, 2.75) is 37.8 Å². The van der Waals surface area contributed by atoms with Crippen molar-refractivity contribution < 1.29 is 9.47 Å². The summed E-state index contributed by atoms with van der Waals surface area (Å²) in [6.45, 7) is 0. The Balaban J connectivity index is 1.85. The van der Waals surface area contributed by atoms with Crippen molar-refractivity contribution in [3.8, 4) is 11.5 Å². The minimum atomic E-state index is -0.328. The molecule has 1 aliphatic rings. The third kappa shape index (κ3) is 3.20. The van der Waals surface area contributed by atoms with Gasteiger partial charge in [0.2, 0.25) is 0 Å². The highest BCUT2D eigenvalue weighted by Crippen LogP contribution is 2.34. The fourth-order valence-corrected chi connectivity index (χ4v) is 2.81. The van der Waals surface area contributed by atoms with Crippen LogP contribution in [0.15, 0.2) is 36.5 Å². The van der Waals surface area contributed by atoms with E-state index in [2.05, 4.69) is 10.2 Å². The molecule has 1 aromatic carbocycles. The van der Waals surface area contributed by atoms with Crippen LogP contribution in [0.3, 0.4) is 0 Å². The number of ether oxygens (including phenoxy) is 2. The van der Waals surface area contributed by atoms with Gasteiger partial charge in [0.05, 0.1) is 24.9 Å². The number of nitrogens with zero attached hydrogens (tertiary/aromatic N) is 2. The smallest absolute Gasteiger partial charge is 0.161 e. The van der Waals surface area contributed by atoms with Gasteiger partial charge in [0.1, 0.15) is 0 Å². The maximum absolute atomic E-state index is 6.29. The molecule has 1 fully saturated rings. The van der Waals surface area contributed by atoms with Gasteiger partial charge in [0, 0.05) is 6.20 Å². The number of hydrogen-bond donors (Lipinski definition) is 1. The number of hydrogen-bond acceptors (Lipinski definition) is 5. The van der Waals surface area contributed by atoms with Gasteiger partial charge in [-0.2, -0.15) is 10.2 Å². The molecule has 1 saturated carbocycles. The highest BCUT2D eigenvalue weighted by atomic mass is 16.5. The van der Waals surface area contributed by atoms with Gasteiger partial charge >= 0.3 is 0 Å². The molecule has 2 aromatic rings. The second-order valence-electron chi connectivity index (χ2n) is 5.56. The first-order chi connectivity index (χ1) is 10.8. The van der Waals surface area contributed by atoms with Gasteiger partial charge in [0.15, 0.2) is 11.5 Å². The summed E-state index contributed by atoms with van der Waals surface area (Å²) >= 11 is 0. The summed E-state index contributed by atoms with van der Waals surface area (Å²) in [5.74, 6) is 1.49. The predicted molar refractivity (Wildman–Crippen MR) is 83.9 cm³/mol. The molecule has 116 valence electrons. The van der Waals surface area contributed by atoms with Crippen LogP contribution in [0.4, 0.5) is 0 Å². The Kier molecular flexibility index (Phi) is 4.53. The molecule has 5 heteroatoms. The maximum Gasteiger partial charge on any atom is 0.161 e. The standard InChI is InChI=1S/C17H21N3O2/c1-21-15-9-8-12(17(18)14-7-4-10-19-20-14)11-16(15)22-13-5-2-3-6-13/h4,7-11,13,17H,2-3,5-6,18H2,1H3. The Morgan fingerprint density at radius 2 is 2.00 bits per heavy atom. The van der Waals surface area contributed by atoms with E-state index in [0.29, 0.717) is 0 Å². The summed E-state index contributed by atoms with van der Waals surface area (Å²) in [6.07, 6.45) is 6.57. The third-order valence-electron chi connectivity index (χ3n) is 4.05. The molecule has 0 saturated heterocycles. The Bertz CT molecular complexity index is 613. The van der Waals surface area contributed by atoms with E-state index < -0.39 is 0 Å². The van der Waals surface area contributed by atoms with Crippen LogP contribution < -0.4 is 15.2 Å². The highest BCUT2D eigenvalue weighted by Gasteiger charge is 2.20. The van der Waals surface area contributed by atoms with Gasteiger partial charge in [-0.1, -0.05) is 6.07 Å². The molecule has 3 rings (SSSR count). The van der Waals surface area contributed by atoms with Crippen LogP contribution in [0.5, 0.6) is 11.5 Å². The minimum absolute atomic E-state index is 0.275. The van der Waals surface area contributed by atoms with E-state index in [0.717, 1.165) is 35.6 Å². The van der Waals surface area contributed by atoms with Crippen LogP contribution in [0.25, 0.3) is 0 Å². The highest BCUT2D eigenvalue weighted by molar-refractivity contribution is 5.45. The van der Waals surface area contributed by atoms with Gasteiger partial charge in [-0.15, -0.1) is 0 Å². The molecule has 22 heavy (non-hydrogen) atoms. The molecule has 0 amide bonds. The largest absolute Gasteiger partial charge is 0.493 e. The number of nitrogens with two attached hydrogens (primary N) is 1. The molecule has 1 heterocycles. The molecule has 1 atom stereocenters. The van der Waals surface area contributed by atoms with Gasteiger partial charge in [0.25, 0.3) is 0 Å². The van der Waals surface area contributed by atoms with Crippen molar-refractivity contribution in [1.82, 2.24) is 10.2 Å². The molecule has 0 radical (unpaired) electrons. The first-order valence-electron chi connectivity index (χ1n) is 7.65. The molecule has 1 unspecified atom stereocenters. The number of rotatable bonds is 5. The summed E-state index contributed by atoms with van der Waals surface area (Å²) < 4.78 is 11.5. The molecule has 0 bridgehead atoms. The number of methoxy groups -OCH3 is 1. The zero-order chi connectivity index (χ0) is 15.4. The van der Waals surface area contributed by atoms with E-state index in [1.54, 1.807) is 13.3 Å². The van der Waals surface area contributed by atoms with Crippen molar-refractivity contribution >= 4 is 0 Å². The van der Waals surface area contributed by atoms with Crippen LogP contribution in [-0.4, -0.2) is 23.4 Å². The van der Waals surface area contributed by atoms with E-state index in [9.17, 15) is 0 Å². The lowest BCUT2D eigenvalue weighted by molar-refractivity contribution is 0.200. The average Bonchev–Trinajstić information content (AvgIpc) is 3.08. The van der Waals surface area contributed by atoms with E-state index in [-0.39, 0.29) is 12.1 Å². The average molecular weight is 299 g/mol. The molecular formula is C17H21N3O2. The van der Waals surface area contributed by atoms with Crippen molar-refractivity contribution in [1.29, 1.82) is 0 Å². The molecule has 0 spiro atoms. The van der Waals surface area contributed by atoms with Crippen LogP contribution in [0.1, 0.15) is 43.0 Å². The van der Waals surface area contributed by atoms with Gasteiger partial charge < -0.3 is 15.2 Å². The quantitative estimate of drug-likeness (QED) is 0.919. The lowest BCUT2D eigenvalue weighted by atomic mass is 10.0. The molecule has 1 aromatic heterocycles. The fourth-order valence-electron chi connectivity index (χ4n) is 2.81. The number of benzene rings is 1. The first kappa shape index (κ1) is 14.8. The van der Waals surface area contributed by atoms with Crippen molar-refractivity contribution in [2.24, 2.45) is 5.73 Å². The van der Waals surface area contributed by atoms with E-state index in [4.69, 9.17) is 15.2 Å². The fraction of sp³-hybridized carbons (Fsp3) is 0.412. The van der Waals surface area contributed by atoms with Gasteiger partial charge in [-0.25, -0.2) is 0 Å². The molecule has 5 nitrogen and oxygen atoms in total. The van der Waals surface area contributed by atoms with Gasteiger partial charge in [-0.05, 0) is 55.5 Å². The molecular weight excluding hydrogens is 278 g/mol. The van der Waals surface area contributed by atoms with E-state index in [1.807, 2.05) is 30.3 Å². The summed E-state index contributed by atoms with van der Waals surface area (Å²) in [7, 11) is 1.65. The summed E-state index contributed by atoms with van der Waals surface area (Å²) in [5, 5.41) is 7.97. The Hall–Kier alpha value is -2.14. The van der Waals surface area contributed by atoms with Crippen LogP contribution in [0.2, 0.25) is 0 Å². The van der Waals surface area contributed by atoms with E-state index >= 15 is 0 Å². The van der Waals surface area contributed by atoms with Crippen LogP contribution >= 0.6 is 0 Å². The maximum atomic E-state index is 6.29. The number of aromatic nitrogens is 2. The van der Waals surface area contributed by atoms with Crippen molar-refractivity contribution in [3.63, 3.8) is 0 Å². The lowest BCUT2D eigenvalue weighted by Gasteiger charge is -2.18. The molecule has 0 aliphatic heterocycles. The minimum Gasteiger partial charge on any atom is -0.493 e. The SMILES string of the molecule is COc1ccc(C(N)c2cccnn2)cc1OC1CCCC1. The van der Waals surface area contributed by atoms with Crippen LogP contribution in [-0.2, 0) is 0 Å². The monoisotopic (exact) mass is 299 g/mol. The second-order valence-corrected chi connectivity index (χ2v) is 5.56. The topological polar surface area (TPSA) is 70.3 Å². The zero-order valence-electron chi connectivity index (χ0n) is 12.7. The van der Waals surface area contributed by atoms with Gasteiger partial charge in [-0.3, -0.25) is 0 Å². The third-order valence-corrected chi connectivity index (χ3v) is 4.05. The van der Waals surface area contributed by atoms with Crippen molar-refractivity contribution in [3.05, 3.63) is 47.8 Å². The Morgan fingerprint density at radius 1 is 1.18 bits per heavy atom. The van der Waals surface area contributed by atoms with E-state index in [1.165, 1.54) is 12.8 Å². The first-order valence-corrected chi connectivity index (χ1v) is 7.65. The normalized spacial score (nSPS) is 16.5. The molecule has 2 N–H and O–H groups in total. The predicted octanol–water partition coefficient (Wildman–Crippen LogP) is 2.85. The molecule has 1 aliphatic carbocycles. The van der Waals surface area contributed by atoms with Crippen molar-refractivity contribution in [2.75, 3.05) is 7.11 Å². The summed E-state index contributed by atoms with van der Waals surface area (Å²) in [5.41, 5.74) is 7.96. The summed E-state index contributed by atoms with van der Waals surface area (Å²) in [4.78, 5) is 0. The Labute approximate surface area is 130 Å². The Morgan fingerprint density at radius 3 is 2.68 bits per heavy atom. The summed E-state index contributed by atoms with van der Waals surface area (Å²) in [6, 6.07) is 9.18. The second kappa shape index (κ2) is 6.75. The zero-order valence-corrected chi connectivity index (χ0v) is 12.7. The van der Waals surface area contributed by atoms with Crippen LogP contribution in [0, 0.1) is 0 Å². The lowest BCUT2D eigenvalue weighted by Crippen LogP contribution is -2.15.